The van der Waals surface area contributed by atoms with E-state index in [4.69, 9.17) is 0 Å². The first kappa shape index (κ1) is 17.2. The van der Waals surface area contributed by atoms with Crippen molar-refractivity contribution >= 4 is 12.4 Å². The van der Waals surface area contributed by atoms with Crippen LogP contribution in [-0.2, 0) is 0 Å². The lowest BCUT2D eigenvalue weighted by Gasteiger charge is -2.28. The molecule has 2 aliphatic carbocycles. The van der Waals surface area contributed by atoms with Crippen molar-refractivity contribution in [2.75, 3.05) is 0 Å². The smallest absolute Gasteiger partial charge is 0.0273 e. The van der Waals surface area contributed by atoms with E-state index in [1.807, 2.05) is 12.4 Å². The minimum Gasteiger partial charge on any atom is -0.164 e. The van der Waals surface area contributed by atoms with Crippen molar-refractivity contribution in [3.63, 3.8) is 0 Å². The van der Waals surface area contributed by atoms with Gasteiger partial charge >= 0.3 is 0 Å². The van der Waals surface area contributed by atoms with E-state index in [0.717, 1.165) is 12.8 Å². The average Bonchev–Trinajstić information content (AvgIpc) is 2.85. The molecular formula is C20H32N2. The lowest BCUT2D eigenvalue weighted by Crippen LogP contribution is -2.20. The lowest BCUT2D eigenvalue weighted by molar-refractivity contribution is 0.302. The fourth-order valence-electron chi connectivity index (χ4n) is 3.62. The van der Waals surface area contributed by atoms with Gasteiger partial charge in [0.25, 0.3) is 0 Å². The van der Waals surface area contributed by atoms with Crippen molar-refractivity contribution < 1.29 is 0 Å². The van der Waals surface area contributed by atoms with Crippen molar-refractivity contribution in [2.45, 2.75) is 67.2 Å². The van der Waals surface area contributed by atoms with Crippen LogP contribution >= 0.6 is 0 Å². The summed E-state index contributed by atoms with van der Waals surface area (Å²) in [4.78, 5) is 0. The molecule has 2 heteroatoms. The second-order valence-corrected chi connectivity index (χ2v) is 8.15. The molecule has 0 fully saturated rings. The van der Waals surface area contributed by atoms with Gasteiger partial charge < -0.3 is 0 Å². The Morgan fingerprint density at radius 2 is 1.23 bits per heavy atom. The van der Waals surface area contributed by atoms with Crippen molar-refractivity contribution in [3.05, 3.63) is 23.3 Å². The Bertz CT molecular complexity index is 470. The largest absolute Gasteiger partial charge is 0.164 e. The van der Waals surface area contributed by atoms with Crippen molar-refractivity contribution in [2.24, 2.45) is 32.9 Å². The SMILES string of the molecule is CC1=CCC(CC=NN=CCC2CC=C(C)C2(C)C)C1(C)C. The summed E-state index contributed by atoms with van der Waals surface area (Å²) in [5, 5.41) is 8.51. The molecule has 0 heterocycles. The molecule has 0 radical (unpaired) electrons. The minimum absolute atomic E-state index is 0.312. The van der Waals surface area contributed by atoms with E-state index in [9.17, 15) is 0 Å². The van der Waals surface area contributed by atoms with Crippen LogP contribution in [0.1, 0.15) is 67.2 Å². The van der Waals surface area contributed by atoms with E-state index >= 15 is 0 Å². The van der Waals surface area contributed by atoms with Crippen LogP contribution in [0.2, 0.25) is 0 Å². The Balaban J connectivity index is 1.75. The van der Waals surface area contributed by atoms with Gasteiger partial charge in [-0.25, -0.2) is 0 Å². The predicted octanol–water partition coefficient (Wildman–Crippen LogP) is 5.81. The number of hydrogen-bond acceptors (Lipinski definition) is 2. The summed E-state index contributed by atoms with van der Waals surface area (Å²) in [7, 11) is 0. The Morgan fingerprint density at radius 1 is 0.864 bits per heavy atom. The van der Waals surface area contributed by atoms with Crippen LogP contribution in [0.4, 0.5) is 0 Å². The molecule has 0 spiro atoms. The molecule has 0 N–H and O–H groups in total. The molecule has 0 bridgehead atoms. The number of allylic oxidation sites excluding steroid dienone is 4. The average molecular weight is 300 g/mol. The lowest BCUT2D eigenvalue weighted by atomic mass is 9.76. The topological polar surface area (TPSA) is 24.7 Å². The van der Waals surface area contributed by atoms with Crippen LogP contribution in [-0.4, -0.2) is 12.4 Å². The van der Waals surface area contributed by atoms with E-state index < -0.39 is 0 Å². The molecule has 2 nitrogen and oxygen atoms in total. The van der Waals surface area contributed by atoms with Gasteiger partial charge in [0, 0.05) is 12.4 Å². The standard InChI is InChI=1S/C20H32N2/c1-15-7-9-17(19(15,3)4)11-13-21-22-14-12-18-10-8-16(2)20(18,5)6/h7-8,13-14,17-18H,9-12H2,1-6H3. The summed E-state index contributed by atoms with van der Waals surface area (Å²) in [6.45, 7) is 13.8. The second kappa shape index (κ2) is 6.52. The summed E-state index contributed by atoms with van der Waals surface area (Å²) in [5.41, 5.74) is 3.65. The Morgan fingerprint density at radius 3 is 1.50 bits per heavy atom. The first-order chi connectivity index (χ1) is 10.3. The number of rotatable bonds is 5. The van der Waals surface area contributed by atoms with Crippen LogP contribution < -0.4 is 0 Å². The van der Waals surface area contributed by atoms with Crippen LogP contribution in [0, 0.1) is 22.7 Å². The van der Waals surface area contributed by atoms with Gasteiger partial charge in [0.05, 0.1) is 0 Å². The Labute approximate surface area is 136 Å². The third kappa shape index (κ3) is 3.42. The first-order valence-corrected chi connectivity index (χ1v) is 8.64. The summed E-state index contributed by atoms with van der Waals surface area (Å²) in [6, 6.07) is 0. The third-order valence-corrected chi connectivity index (χ3v) is 6.50. The van der Waals surface area contributed by atoms with Gasteiger partial charge in [-0.15, -0.1) is 0 Å². The molecule has 2 aliphatic rings. The molecule has 22 heavy (non-hydrogen) atoms. The maximum Gasteiger partial charge on any atom is 0.0273 e. The normalized spacial score (nSPS) is 30.3. The molecule has 0 aliphatic heterocycles. The molecule has 0 aromatic rings. The van der Waals surface area contributed by atoms with E-state index in [0.29, 0.717) is 22.7 Å². The maximum absolute atomic E-state index is 4.26. The summed E-state index contributed by atoms with van der Waals surface area (Å²) in [5.74, 6) is 1.35. The monoisotopic (exact) mass is 300 g/mol. The fourth-order valence-corrected chi connectivity index (χ4v) is 3.62. The summed E-state index contributed by atoms with van der Waals surface area (Å²) >= 11 is 0. The van der Waals surface area contributed by atoms with Crippen LogP contribution in [0.3, 0.4) is 0 Å². The second-order valence-electron chi connectivity index (χ2n) is 8.15. The van der Waals surface area contributed by atoms with Gasteiger partial charge in [-0.05, 0) is 62.2 Å². The van der Waals surface area contributed by atoms with Crippen LogP contribution in [0.15, 0.2) is 33.5 Å². The van der Waals surface area contributed by atoms with E-state index in [1.54, 1.807) is 0 Å². The van der Waals surface area contributed by atoms with Gasteiger partial charge in [0.1, 0.15) is 0 Å². The van der Waals surface area contributed by atoms with Gasteiger partial charge in [-0.1, -0.05) is 51.0 Å². The number of nitrogens with zero attached hydrogens (tertiary/aromatic N) is 2. The fraction of sp³-hybridized carbons (Fsp3) is 0.700. The molecule has 0 aromatic heterocycles. The van der Waals surface area contributed by atoms with E-state index in [1.165, 1.54) is 24.0 Å². The molecule has 122 valence electrons. The highest BCUT2D eigenvalue weighted by Crippen LogP contribution is 2.45. The van der Waals surface area contributed by atoms with Gasteiger partial charge in [0.15, 0.2) is 0 Å². The molecule has 2 atom stereocenters. The maximum atomic E-state index is 4.26. The van der Waals surface area contributed by atoms with E-state index in [2.05, 4.69) is 63.9 Å². The third-order valence-electron chi connectivity index (χ3n) is 6.50. The molecule has 0 amide bonds. The highest BCUT2D eigenvalue weighted by molar-refractivity contribution is 5.62. The first-order valence-electron chi connectivity index (χ1n) is 8.64. The van der Waals surface area contributed by atoms with E-state index in [-0.39, 0.29) is 0 Å². The Hall–Kier alpha value is -1.18. The quantitative estimate of drug-likeness (QED) is 0.348. The number of hydrogen-bond donors (Lipinski definition) is 0. The molecule has 0 saturated heterocycles. The Kier molecular flexibility index (Phi) is 5.09. The van der Waals surface area contributed by atoms with Crippen LogP contribution in [0.5, 0.6) is 0 Å². The predicted molar refractivity (Wildman–Crippen MR) is 97.5 cm³/mol. The zero-order valence-electron chi connectivity index (χ0n) is 15.2. The molecule has 0 aromatic carbocycles. The summed E-state index contributed by atoms with van der Waals surface area (Å²) in [6.07, 6.45) is 13.1. The van der Waals surface area contributed by atoms with Crippen LogP contribution in [0.25, 0.3) is 0 Å². The van der Waals surface area contributed by atoms with Crippen molar-refractivity contribution in [1.82, 2.24) is 0 Å². The molecule has 2 unspecified atom stereocenters. The van der Waals surface area contributed by atoms with Gasteiger partial charge in [0.2, 0.25) is 0 Å². The zero-order valence-corrected chi connectivity index (χ0v) is 15.2. The highest BCUT2D eigenvalue weighted by atomic mass is 15.2. The van der Waals surface area contributed by atoms with Crippen molar-refractivity contribution in [3.8, 4) is 0 Å². The highest BCUT2D eigenvalue weighted by Gasteiger charge is 2.34. The van der Waals surface area contributed by atoms with Gasteiger partial charge in [-0.3, -0.25) is 0 Å². The van der Waals surface area contributed by atoms with Gasteiger partial charge in [-0.2, -0.15) is 10.2 Å². The summed E-state index contributed by atoms with van der Waals surface area (Å²) < 4.78 is 0. The minimum atomic E-state index is 0.312. The van der Waals surface area contributed by atoms with Crippen molar-refractivity contribution in [1.29, 1.82) is 0 Å². The molecule has 0 saturated carbocycles. The molecule has 2 rings (SSSR count). The zero-order chi connectivity index (χ0) is 16.4. The molecular weight excluding hydrogens is 268 g/mol.